The van der Waals surface area contributed by atoms with Gasteiger partial charge in [0, 0.05) is 5.69 Å². The first-order valence-corrected chi connectivity index (χ1v) is 8.62. The number of methoxy groups -OCH3 is 1. The maximum atomic E-state index is 13.0. The Labute approximate surface area is 132 Å². The molecule has 4 atom stereocenters. The molecular weight excluding hydrogens is 274 g/mol. The van der Waals surface area contributed by atoms with Crippen LogP contribution in [0.2, 0.25) is 0 Å². The van der Waals surface area contributed by atoms with Gasteiger partial charge in [-0.25, -0.2) is 0 Å². The fourth-order valence-corrected chi connectivity index (χ4v) is 5.41. The number of rotatable bonds is 3. The smallest absolute Gasteiger partial charge is 0.230 e. The summed E-state index contributed by atoms with van der Waals surface area (Å²) in [5, 5.41) is 3.18. The van der Waals surface area contributed by atoms with Crippen LogP contribution in [0.3, 0.4) is 0 Å². The van der Waals surface area contributed by atoms with E-state index >= 15 is 0 Å². The number of fused-ring (bicyclic) bond motifs is 1. The molecule has 22 heavy (non-hydrogen) atoms. The summed E-state index contributed by atoms with van der Waals surface area (Å²) < 4.78 is 5.18. The molecule has 3 heteroatoms. The van der Waals surface area contributed by atoms with Crippen molar-refractivity contribution in [3.8, 4) is 5.75 Å². The lowest BCUT2D eigenvalue weighted by atomic mass is 9.58. The average molecular weight is 299 g/mol. The molecule has 1 amide bonds. The van der Waals surface area contributed by atoms with Crippen LogP contribution in [0.15, 0.2) is 24.3 Å². The topological polar surface area (TPSA) is 38.3 Å². The molecule has 4 bridgehead atoms. The van der Waals surface area contributed by atoms with Gasteiger partial charge in [0.25, 0.3) is 0 Å². The van der Waals surface area contributed by atoms with Crippen LogP contribution in [0.1, 0.15) is 44.9 Å². The van der Waals surface area contributed by atoms with E-state index in [1.54, 1.807) is 7.11 Å². The summed E-state index contributed by atoms with van der Waals surface area (Å²) in [6.45, 7) is 0. The minimum atomic E-state index is -0.0903. The van der Waals surface area contributed by atoms with Crippen LogP contribution in [-0.2, 0) is 4.79 Å². The normalized spacial score (nSPS) is 36.0. The highest BCUT2D eigenvalue weighted by atomic mass is 16.5. The van der Waals surface area contributed by atoms with Crippen molar-refractivity contribution in [1.29, 1.82) is 0 Å². The van der Waals surface area contributed by atoms with Crippen molar-refractivity contribution in [3.05, 3.63) is 24.3 Å². The zero-order valence-corrected chi connectivity index (χ0v) is 13.3. The highest BCUT2D eigenvalue weighted by molar-refractivity contribution is 5.95. The van der Waals surface area contributed by atoms with Gasteiger partial charge in [0.15, 0.2) is 0 Å². The molecule has 3 nitrogen and oxygen atoms in total. The second kappa shape index (κ2) is 5.29. The Balaban J connectivity index is 1.54. The van der Waals surface area contributed by atoms with E-state index in [4.69, 9.17) is 4.74 Å². The first-order valence-electron chi connectivity index (χ1n) is 8.62. The molecule has 1 aromatic rings. The second-order valence-corrected chi connectivity index (χ2v) is 7.72. The summed E-state index contributed by atoms with van der Waals surface area (Å²) in [7, 11) is 1.66. The Morgan fingerprint density at radius 2 is 1.64 bits per heavy atom. The van der Waals surface area contributed by atoms with Crippen LogP contribution in [0.5, 0.6) is 5.75 Å². The quantitative estimate of drug-likeness (QED) is 0.906. The Morgan fingerprint density at radius 1 is 1.05 bits per heavy atom. The fourth-order valence-electron chi connectivity index (χ4n) is 5.41. The van der Waals surface area contributed by atoms with Crippen LogP contribution < -0.4 is 10.1 Å². The van der Waals surface area contributed by atoms with Crippen LogP contribution in [0, 0.1) is 23.2 Å². The fraction of sp³-hybridized carbons (Fsp3) is 0.632. The largest absolute Gasteiger partial charge is 0.497 e. The van der Waals surface area contributed by atoms with E-state index in [0.29, 0.717) is 0 Å². The van der Waals surface area contributed by atoms with Crippen LogP contribution in [-0.4, -0.2) is 13.0 Å². The van der Waals surface area contributed by atoms with Crippen molar-refractivity contribution >= 4 is 11.6 Å². The summed E-state index contributed by atoms with van der Waals surface area (Å²) in [4.78, 5) is 13.0. The summed E-state index contributed by atoms with van der Waals surface area (Å²) in [5.74, 6) is 3.45. The Hall–Kier alpha value is -1.51. The third kappa shape index (κ3) is 2.41. The van der Waals surface area contributed by atoms with Crippen LogP contribution in [0.4, 0.5) is 5.69 Å². The van der Waals surface area contributed by atoms with Crippen LogP contribution >= 0.6 is 0 Å². The highest BCUT2D eigenvalue weighted by Crippen LogP contribution is 2.58. The summed E-state index contributed by atoms with van der Waals surface area (Å²) in [6, 6.07) is 7.68. The number of ether oxygens (including phenoxy) is 1. The molecule has 0 spiro atoms. The van der Waals surface area contributed by atoms with Crippen molar-refractivity contribution in [2.24, 2.45) is 23.2 Å². The van der Waals surface area contributed by atoms with Gasteiger partial charge in [-0.05, 0) is 74.1 Å². The molecule has 2 unspecified atom stereocenters. The van der Waals surface area contributed by atoms with E-state index in [0.717, 1.165) is 48.5 Å². The van der Waals surface area contributed by atoms with Gasteiger partial charge in [-0.2, -0.15) is 0 Å². The number of carbonyl (C=O) groups excluding carboxylic acids is 1. The minimum absolute atomic E-state index is 0.0903. The maximum Gasteiger partial charge on any atom is 0.230 e. The molecule has 0 aliphatic heterocycles. The van der Waals surface area contributed by atoms with Gasteiger partial charge in [-0.1, -0.05) is 12.8 Å². The third-order valence-corrected chi connectivity index (χ3v) is 6.18. The van der Waals surface area contributed by atoms with Crippen molar-refractivity contribution in [1.82, 2.24) is 0 Å². The number of hydrogen-bond acceptors (Lipinski definition) is 2. The molecule has 1 N–H and O–H groups in total. The summed E-state index contributed by atoms with van der Waals surface area (Å²) in [6.07, 6.45) is 8.77. The average Bonchev–Trinajstić information content (AvgIpc) is 2.74. The van der Waals surface area contributed by atoms with Gasteiger partial charge in [0.05, 0.1) is 12.5 Å². The molecular formula is C19H25NO2. The molecule has 4 fully saturated rings. The standard InChI is InChI=1S/C19H25NO2/c1-22-17-6-4-16(5-7-17)20-18(21)19-10-13-2-3-14(11-19)9-15(8-13)12-19/h4-7,13-15H,2-3,8-12H2,1H3,(H,20,21)/t13-,14+,15?,19?. The molecule has 0 heterocycles. The lowest BCUT2D eigenvalue weighted by molar-refractivity contribution is -0.132. The molecule has 118 valence electrons. The maximum absolute atomic E-state index is 13.0. The minimum Gasteiger partial charge on any atom is -0.497 e. The molecule has 5 rings (SSSR count). The van der Waals surface area contributed by atoms with Crippen molar-refractivity contribution in [2.45, 2.75) is 44.9 Å². The van der Waals surface area contributed by atoms with E-state index in [9.17, 15) is 4.79 Å². The number of amides is 1. The first kappa shape index (κ1) is 14.1. The monoisotopic (exact) mass is 299 g/mol. The molecule has 1 aromatic carbocycles. The van der Waals surface area contributed by atoms with Crippen molar-refractivity contribution in [2.75, 3.05) is 12.4 Å². The highest BCUT2D eigenvalue weighted by Gasteiger charge is 2.52. The summed E-state index contributed by atoms with van der Waals surface area (Å²) >= 11 is 0. The van der Waals surface area contributed by atoms with Crippen LogP contribution in [0.25, 0.3) is 0 Å². The zero-order valence-electron chi connectivity index (χ0n) is 13.3. The molecule has 0 radical (unpaired) electrons. The van der Waals surface area contributed by atoms with E-state index in [1.165, 1.54) is 25.7 Å². The predicted molar refractivity (Wildman–Crippen MR) is 86.8 cm³/mol. The van der Waals surface area contributed by atoms with E-state index in [-0.39, 0.29) is 11.3 Å². The Morgan fingerprint density at radius 3 is 2.23 bits per heavy atom. The second-order valence-electron chi connectivity index (χ2n) is 7.72. The van der Waals surface area contributed by atoms with Gasteiger partial charge >= 0.3 is 0 Å². The first-order chi connectivity index (χ1) is 10.7. The number of carbonyl (C=O) groups is 1. The van der Waals surface area contributed by atoms with Gasteiger partial charge in [0.2, 0.25) is 5.91 Å². The number of hydrogen-bond donors (Lipinski definition) is 1. The molecule has 4 aliphatic rings. The molecule has 4 saturated carbocycles. The van der Waals surface area contributed by atoms with Gasteiger partial charge < -0.3 is 10.1 Å². The van der Waals surface area contributed by atoms with Gasteiger partial charge in [-0.3, -0.25) is 4.79 Å². The number of nitrogens with one attached hydrogen (secondary N) is 1. The SMILES string of the molecule is COc1ccc(NC(=O)C23CC4C[C@@H](CC[C@@H](C4)C2)C3)cc1. The number of benzene rings is 1. The van der Waals surface area contributed by atoms with E-state index < -0.39 is 0 Å². The van der Waals surface area contributed by atoms with E-state index in [2.05, 4.69) is 5.32 Å². The van der Waals surface area contributed by atoms with Gasteiger partial charge in [0.1, 0.15) is 5.75 Å². The van der Waals surface area contributed by atoms with E-state index in [1.807, 2.05) is 24.3 Å². The predicted octanol–water partition coefficient (Wildman–Crippen LogP) is 4.24. The summed E-state index contributed by atoms with van der Waals surface area (Å²) in [5.41, 5.74) is 0.799. The lowest BCUT2D eigenvalue weighted by Gasteiger charge is -2.47. The van der Waals surface area contributed by atoms with Gasteiger partial charge in [-0.15, -0.1) is 0 Å². The van der Waals surface area contributed by atoms with Crippen molar-refractivity contribution < 1.29 is 9.53 Å². The third-order valence-electron chi connectivity index (χ3n) is 6.18. The number of anilines is 1. The Bertz CT molecular complexity index is 549. The Kier molecular flexibility index (Phi) is 3.39. The molecule has 0 saturated heterocycles. The van der Waals surface area contributed by atoms with Crippen molar-refractivity contribution in [3.63, 3.8) is 0 Å². The zero-order chi connectivity index (χ0) is 15.2. The molecule has 0 aromatic heterocycles. The lowest BCUT2D eigenvalue weighted by Crippen LogP contribution is -2.45. The molecule has 4 aliphatic carbocycles.